The number of halogens is 2. The van der Waals surface area contributed by atoms with Crippen LogP contribution in [0.5, 0.6) is 0 Å². The lowest BCUT2D eigenvalue weighted by atomic mass is 9.95. The zero-order valence-electron chi connectivity index (χ0n) is 28.8. The van der Waals surface area contributed by atoms with Gasteiger partial charge in [-0.2, -0.15) is 0 Å². The number of nitrogens with one attached hydrogen (secondary N) is 2. The van der Waals surface area contributed by atoms with Crippen LogP contribution in [0.25, 0.3) is 33.5 Å². The topological polar surface area (TPSA) is 110 Å². The molecule has 8 rings (SSSR count). The van der Waals surface area contributed by atoms with Crippen LogP contribution in [-0.4, -0.2) is 48.7 Å². The highest BCUT2D eigenvalue weighted by Crippen LogP contribution is 2.36. The van der Waals surface area contributed by atoms with Gasteiger partial charge in [0.1, 0.15) is 23.6 Å². The van der Waals surface area contributed by atoms with E-state index in [1.54, 1.807) is 19.3 Å². The highest BCUT2D eigenvalue weighted by Gasteiger charge is 2.44. The van der Waals surface area contributed by atoms with Crippen molar-refractivity contribution in [2.24, 2.45) is 11.8 Å². The summed E-state index contributed by atoms with van der Waals surface area (Å²) in [5.74, 6) is -0.759. The number of rotatable bonds is 8. The maximum Gasteiger partial charge on any atom is 0.231 e. The smallest absolute Gasteiger partial charge is 0.231 e. The van der Waals surface area contributed by atoms with Crippen LogP contribution < -0.4 is 10.6 Å². The number of carbonyl (C=O) groups excluding carboxylic acids is 3. The Balaban J connectivity index is 0.000000159. The van der Waals surface area contributed by atoms with E-state index >= 15 is 0 Å². The first-order valence-electron chi connectivity index (χ1n) is 17.1. The van der Waals surface area contributed by atoms with Crippen LogP contribution in [0.3, 0.4) is 0 Å². The molecule has 2 aliphatic carbocycles. The van der Waals surface area contributed by atoms with Gasteiger partial charge in [-0.1, -0.05) is 37.3 Å². The van der Waals surface area contributed by atoms with Crippen LogP contribution in [0.2, 0.25) is 0 Å². The van der Waals surface area contributed by atoms with Crippen molar-refractivity contribution < 1.29 is 23.2 Å². The molecule has 4 atom stereocenters. The number of Topliss-reactive ketones (excluding diaryl/α,β-unsaturated/α-hetero) is 1. The van der Waals surface area contributed by atoms with Gasteiger partial charge in [0.2, 0.25) is 11.8 Å². The molecule has 9 nitrogen and oxygen atoms in total. The average molecular weight is 689 g/mol. The Kier molecular flexibility index (Phi) is 8.97. The van der Waals surface area contributed by atoms with E-state index in [9.17, 15) is 23.2 Å². The summed E-state index contributed by atoms with van der Waals surface area (Å²) in [6.45, 7) is 7.78. The van der Waals surface area contributed by atoms with Crippen LogP contribution >= 0.6 is 0 Å². The quantitative estimate of drug-likeness (QED) is 0.158. The number of alkyl halides is 2. The Hall–Kier alpha value is -5.71. The molecule has 4 unspecified atom stereocenters. The lowest BCUT2D eigenvalue weighted by molar-refractivity contribution is -0.118. The Morgan fingerprint density at radius 2 is 1.29 bits per heavy atom. The van der Waals surface area contributed by atoms with Crippen molar-refractivity contribution in [3.8, 4) is 22.3 Å². The fourth-order valence-electron chi connectivity index (χ4n) is 6.36. The molecule has 6 aromatic rings. The molecule has 2 aromatic carbocycles. The van der Waals surface area contributed by atoms with Crippen LogP contribution in [-0.2, 0) is 16.0 Å². The van der Waals surface area contributed by atoms with Gasteiger partial charge in [0.25, 0.3) is 0 Å². The number of imidazole rings is 2. The molecule has 0 radical (unpaired) electrons. The first-order valence-corrected chi connectivity index (χ1v) is 17.1. The minimum atomic E-state index is -1.03. The number of benzene rings is 2. The lowest BCUT2D eigenvalue weighted by Gasteiger charge is -2.12. The summed E-state index contributed by atoms with van der Waals surface area (Å²) in [5, 5.41) is 5.37. The third-order valence-electron chi connectivity index (χ3n) is 9.48. The number of ketones is 1. The van der Waals surface area contributed by atoms with Crippen molar-refractivity contribution >= 4 is 40.5 Å². The molecule has 0 saturated heterocycles. The standard InChI is InChI=1S/C20H18FN3O2.C20H20FN3O/c1-11-7-13(12(2)25)3-5-15(11)14-4-6-19-22-18(10-24(19)9-14)23-20(26)16-8-17(16)21;1-3-13-6-4-5-12(2)19(13)14-7-8-18-22-17(11-24(18)10-14)23-20(25)15-9-16(15)21/h3-7,9-10,16-17H,8H2,1-2H3,(H,23,26);4-8,10-11,15-16H,3,9H2,1-2H3,(H,23,25). The van der Waals surface area contributed by atoms with Crippen LogP contribution in [0.1, 0.15) is 53.7 Å². The van der Waals surface area contributed by atoms with Crippen molar-refractivity contribution in [1.29, 1.82) is 0 Å². The van der Waals surface area contributed by atoms with Crippen molar-refractivity contribution in [1.82, 2.24) is 18.8 Å². The lowest BCUT2D eigenvalue weighted by Crippen LogP contribution is -2.15. The second-order valence-electron chi connectivity index (χ2n) is 13.4. The van der Waals surface area contributed by atoms with Gasteiger partial charge < -0.3 is 19.4 Å². The highest BCUT2D eigenvalue weighted by atomic mass is 19.1. The number of hydrogen-bond donors (Lipinski definition) is 2. The van der Waals surface area contributed by atoms with E-state index in [0.29, 0.717) is 35.7 Å². The summed E-state index contributed by atoms with van der Waals surface area (Å²) >= 11 is 0. The minimum Gasteiger partial charge on any atom is -0.309 e. The van der Waals surface area contributed by atoms with E-state index in [1.165, 1.54) is 16.7 Å². The second-order valence-corrected chi connectivity index (χ2v) is 13.4. The minimum absolute atomic E-state index is 0.0382. The molecule has 2 saturated carbocycles. The summed E-state index contributed by atoms with van der Waals surface area (Å²) in [7, 11) is 0. The Labute approximate surface area is 293 Å². The first-order chi connectivity index (χ1) is 24.5. The molecule has 0 spiro atoms. The third kappa shape index (κ3) is 7.15. The van der Waals surface area contributed by atoms with Crippen LogP contribution in [0.15, 0.2) is 85.5 Å². The van der Waals surface area contributed by atoms with E-state index in [1.807, 2.05) is 70.6 Å². The predicted molar refractivity (Wildman–Crippen MR) is 193 cm³/mol. The number of hydrogen-bond acceptors (Lipinski definition) is 5. The molecule has 2 amide bonds. The third-order valence-corrected chi connectivity index (χ3v) is 9.48. The molecular formula is C40H38F2N6O3. The van der Waals surface area contributed by atoms with Crippen molar-refractivity contribution in [3.05, 3.63) is 108 Å². The van der Waals surface area contributed by atoms with Gasteiger partial charge >= 0.3 is 0 Å². The van der Waals surface area contributed by atoms with E-state index in [2.05, 4.69) is 52.6 Å². The van der Waals surface area contributed by atoms with E-state index < -0.39 is 24.2 Å². The van der Waals surface area contributed by atoms with E-state index in [-0.39, 0.29) is 17.6 Å². The zero-order valence-corrected chi connectivity index (χ0v) is 28.8. The van der Waals surface area contributed by atoms with E-state index in [0.717, 1.165) is 34.3 Å². The Morgan fingerprint density at radius 1 is 0.745 bits per heavy atom. The molecule has 260 valence electrons. The Bertz CT molecular complexity index is 2330. The number of aromatic nitrogens is 4. The fraction of sp³-hybridized carbons (Fsp3) is 0.275. The van der Waals surface area contributed by atoms with Gasteiger partial charge in [-0.15, -0.1) is 0 Å². The number of pyridine rings is 2. The van der Waals surface area contributed by atoms with Gasteiger partial charge in [-0.05, 0) is 109 Å². The van der Waals surface area contributed by atoms with Gasteiger partial charge in [0, 0.05) is 18.0 Å². The normalized spacial score (nSPS) is 18.9. The molecule has 0 bridgehead atoms. The maximum absolute atomic E-state index is 13.0. The number of anilines is 2. The van der Waals surface area contributed by atoms with Gasteiger partial charge in [-0.3, -0.25) is 14.4 Å². The van der Waals surface area contributed by atoms with Gasteiger partial charge in [-0.25, -0.2) is 18.7 Å². The average Bonchev–Trinajstić information content (AvgIpc) is 3.93. The first kappa shape index (κ1) is 33.8. The Morgan fingerprint density at radius 3 is 1.80 bits per heavy atom. The van der Waals surface area contributed by atoms with Crippen LogP contribution in [0.4, 0.5) is 20.4 Å². The number of fused-ring (bicyclic) bond motifs is 2. The molecule has 0 aliphatic heterocycles. The summed E-state index contributed by atoms with van der Waals surface area (Å²) in [5.41, 5.74) is 10.0. The summed E-state index contributed by atoms with van der Waals surface area (Å²) < 4.78 is 29.7. The van der Waals surface area contributed by atoms with Crippen molar-refractivity contribution in [3.63, 3.8) is 0 Å². The molecule has 2 fully saturated rings. The monoisotopic (exact) mass is 688 g/mol. The largest absolute Gasteiger partial charge is 0.309 e. The second kappa shape index (κ2) is 13.5. The molecule has 4 aromatic heterocycles. The summed E-state index contributed by atoms with van der Waals surface area (Å²) in [6, 6.07) is 19.8. The number of amides is 2. The summed E-state index contributed by atoms with van der Waals surface area (Å²) in [4.78, 5) is 44.0. The number of aryl methyl sites for hydroxylation is 3. The SMILES string of the molecule is CC(=O)c1ccc(-c2ccc3nc(NC(=O)C4CC4F)cn3c2)c(C)c1.CCc1cccc(C)c1-c1ccc2nc(NC(=O)C3CC3F)cn2c1. The van der Waals surface area contributed by atoms with Gasteiger partial charge in [0.15, 0.2) is 17.4 Å². The zero-order chi connectivity index (χ0) is 36.0. The molecule has 2 N–H and O–H groups in total. The van der Waals surface area contributed by atoms with E-state index in [4.69, 9.17) is 0 Å². The molecule has 11 heteroatoms. The fourth-order valence-corrected chi connectivity index (χ4v) is 6.36. The van der Waals surface area contributed by atoms with Crippen LogP contribution in [0, 0.1) is 25.7 Å². The molecule has 51 heavy (non-hydrogen) atoms. The number of nitrogens with zero attached hydrogens (tertiary/aromatic N) is 4. The van der Waals surface area contributed by atoms with Crippen molar-refractivity contribution in [2.45, 2.75) is 59.3 Å². The van der Waals surface area contributed by atoms with Gasteiger partial charge in [0.05, 0.1) is 24.2 Å². The van der Waals surface area contributed by atoms with Crippen molar-refractivity contribution in [2.75, 3.05) is 10.6 Å². The maximum atomic E-state index is 13.0. The predicted octanol–water partition coefficient (Wildman–Crippen LogP) is 7.98. The molecule has 4 heterocycles. The highest BCUT2D eigenvalue weighted by molar-refractivity contribution is 5.96. The molecular weight excluding hydrogens is 650 g/mol. The molecule has 2 aliphatic rings. The number of carbonyl (C=O) groups is 3. The summed E-state index contributed by atoms with van der Waals surface area (Å²) in [6.07, 6.45) is 6.97.